The van der Waals surface area contributed by atoms with Gasteiger partial charge in [-0.15, -0.1) is 0 Å². The Hall–Kier alpha value is -0.770. The number of nitrogens with zero attached hydrogens (tertiary/aromatic N) is 2. The largest absolute Gasteiger partial charge is 0.325 e. The molecule has 2 heterocycles. The number of hydrogen-bond acceptors (Lipinski definition) is 2. The van der Waals surface area contributed by atoms with Crippen LogP contribution in [0.4, 0.5) is 4.79 Å². The van der Waals surface area contributed by atoms with Crippen molar-refractivity contribution in [3.05, 3.63) is 0 Å². The molecule has 0 spiro atoms. The summed E-state index contributed by atoms with van der Waals surface area (Å²) >= 11 is 0. The molecule has 4 nitrogen and oxygen atoms in total. The van der Waals surface area contributed by atoms with Crippen molar-refractivity contribution in [2.75, 3.05) is 39.3 Å². The van der Waals surface area contributed by atoms with Crippen LogP contribution in [-0.4, -0.2) is 55.1 Å². The lowest BCUT2D eigenvalue weighted by Gasteiger charge is -2.43. The Kier molecular flexibility index (Phi) is 4.49. The molecule has 2 fully saturated rings. The Morgan fingerprint density at radius 1 is 1.00 bits per heavy atom. The fourth-order valence-corrected chi connectivity index (χ4v) is 3.19. The number of piperidine rings is 1. The zero-order valence-electron chi connectivity index (χ0n) is 11.9. The van der Waals surface area contributed by atoms with Gasteiger partial charge in [0.2, 0.25) is 0 Å². The van der Waals surface area contributed by atoms with Crippen molar-refractivity contribution in [3.8, 4) is 0 Å². The third-order valence-electron chi connectivity index (χ3n) is 4.98. The number of piperazine rings is 1. The molecule has 2 rings (SSSR count). The normalized spacial score (nSPS) is 24.1. The van der Waals surface area contributed by atoms with E-state index in [2.05, 4.69) is 24.1 Å². The number of likely N-dealkylation sites (tertiary alicyclic amines) is 1. The summed E-state index contributed by atoms with van der Waals surface area (Å²) in [6, 6.07) is 0.261. The molecule has 2 aliphatic heterocycles. The van der Waals surface area contributed by atoms with Gasteiger partial charge in [-0.2, -0.15) is 0 Å². The van der Waals surface area contributed by atoms with Gasteiger partial charge < -0.3 is 15.1 Å². The highest BCUT2D eigenvalue weighted by atomic mass is 16.2. The topological polar surface area (TPSA) is 35.6 Å². The van der Waals surface area contributed by atoms with Crippen LogP contribution in [-0.2, 0) is 0 Å². The van der Waals surface area contributed by atoms with E-state index in [1.165, 1.54) is 25.7 Å². The maximum absolute atomic E-state index is 12.4. The number of rotatable bonds is 2. The van der Waals surface area contributed by atoms with E-state index in [1.807, 2.05) is 4.90 Å². The van der Waals surface area contributed by atoms with Gasteiger partial charge in [-0.05, 0) is 18.3 Å². The number of amides is 2. The van der Waals surface area contributed by atoms with Gasteiger partial charge in [0.05, 0.1) is 0 Å². The van der Waals surface area contributed by atoms with E-state index >= 15 is 0 Å². The van der Waals surface area contributed by atoms with Gasteiger partial charge in [-0.3, -0.25) is 0 Å². The Morgan fingerprint density at radius 3 is 2.00 bits per heavy atom. The molecule has 0 unspecified atom stereocenters. The molecule has 2 aliphatic rings. The molecular formula is C14H27N3O. The van der Waals surface area contributed by atoms with Crippen LogP contribution in [0.25, 0.3) is 0 Å². The molecule has 2 amide bonds. The minimum atomic E-state index is 0.261. The average molecular weight is 253 g/mol. The number of nitrogens with one attached hydrogen (secondary N) is 1. The zero-order chi connectivity index (χ0) is 13.0. The molecule has 0 aromatic carbocycles. The fraction of sp³-hybridized carbons (Fsp3) is 0.929. The van der Waals surface area contributed by atoms with Crippen molar-refractivity contribution in [2.24, 2.45) is 5.41 Å². The van der Waals surface area contributed by atoms with E-state index in [4.69, 9.17) is 0 Å². The predicted octanol–water partition coefficient (Wildman–Crippen LogP) is 1.91. The summed E-state index contributed by atoms with van der Waals surface area (Å²) in [4.78, 5) is 16.4. The maximum atomic E-state index is 12.4. The van der Waals surface area contributed by atoms with Gasteiger partial charge in [0.25, 0.3) is 0 Å². The van der Waals surface area contributed by atoms with Gasteiger partial charge in [0, 0.05) is 39.3 Å². The minimum Gasteiger partial charge on any atom is -0.325 e. The lowest BCUT2D eigenvalue weighted by Crippen LogP contribution is -2.53. The second-order valence-corrected chi connectivity index (χ2v) is 5.71. The van der Waals surface area contributed by atoms with Gasteiger partial charge in [0.15, 0.2) is 0 Å². The van der Waals surface area contributed by atoms with Crippen LogP contribution in [0, 0.1) is 5.41 Å². The Balaban J connectivity index is 1.87. The van der Waals surface area contributed by atoms with Gasteiger partial charge >= 0.3 is 6.03 Å². The maximum Gasteiger partial charge on any atom is 0.320 e. The van der Waals surface area contributed by atoms with E-state index in [-0.39, 0.29) is 6.03 Å². The first-order valence-corrected chi connectivity index (χ1v) is 7.45. The molecule has 18 heavy (non-hydrogen) atoms. The van der Waals surface area contributed by atoms with Crippen LogP contribution in [0.5, 0.6) is 0 Å². The molecular weight excluding hydrogens is 226 g/mol. The summed E-state index contributed by atoms with van der Waals surface area (Å²) in [5, 5.41) is 3.29. The molecule has 4 heteroatoms. The lowest BCUT2D eigenvalue weighted by atomic mass is 9.74. The number of carbonyl (C=O) groups excluding carboxylic acids is 1. The van der Waals surface area contributed by atoms with Crippen molar-refractivity contribution in [1.82, 2.24) is 15.1 Å². The quantitative estimate of drug-likeness (QED) is 0.816. The Labute approximate surface area is 111 Å². The smallest absolute Gasteiger partial charge is 0.320 e. The second-order valence-electron chi connectivity index (χ2n) is 5.71. The predicted molar refractivity (Wildman–Crippen MR) is 73.7 cm³/mol. The first-order valence-electron chi connectivity index (χ1n) is 7.45. The van der Waals surface area contributed by atoms with Crippen molar-refractivity contribution in [1.29, 1.82) is 0 Å². The zero-order valence-corrected chi connectivity index (χ0v) is 11.9. The summed E-state index contributed by atoms with van der Waals surface area (Å²) in [5.41, 5.74) is 0.500. The lowest BCUT2D eigenvalue weighted by molar-refractivity contribution is 0.0877. The highest BCUT2D eigenvalue weighted by Gasteiger charge is 2.34. The molecule has 0 saturated carbocycles. The van der Waals surface area contributed by atoms with E-state index < -0.39 is 0 Å². The van der Waals surface area contributed by atoms with E-state index in [0.29, 0.717) is 5.41 Å². The van der Waals surface area contributed by atoms with Gasteiger partial charge in [-0.1, -0.05) is 26.7 Å². The number of carbonyl (C=O) groups is 1. The summed E-state index contributed by atoms with van der Waals surface area (Å²) < 4.78 is 0. The third kappa shape index (κ3) is 2.79. The first kappa shape index (κ1) is 13.7. The first-order chi connectivity index (χ1) is 8.71. The second kappa shape index (κ2) is 5.91. The van der Waals surface area contributed by atoms with Crippen LogP contribution in [0.1, 0.15) is 39.5 Å². The summed E-state index contributed by atoms with van der Waals surface area (Å²) in [6.45, 7) is 10.1. The number of urea groups is 1. The molecule has 0 aliphatic carbocycles. The van der Waals surface area contributed by atoms with Gasteiger partial charge in [-0.25, -0.2) is 4.79 Å². The summed E-state index contributed by atoms with van der Waals surface area (Å²) in [5.74, 6) is 0. The van der Waals surface area contributed by atoms with Crippen LogP contribution >= 0.6 is 0 Å². The van der Waals surface area contributed by atoms with Crippen LogP contribution in [0.2, 0.25) is 0 Å². The number of hydrogen-bond donors (Lipinski definition) is 1. The summed E-state index contributed by atoms with van der Waals surface area (Å²) in [6.07, 6.45) is 4.86. The van der Waals surface area contributed by atoms with E-state index in [9.17, 15) is 4.79 Å². The SMILES string of the molecule is CCC1(CC)CCN(C(=O)N2CCNCC2)CC1. The van der Waals surface area contributed by atoms with Crippen LogP contribution in [0.15, 0.2) is 0 Å². The van der Waals surface area contributed by atoms with E-state index in [0.717, 1.165) is 39.3 Å². The molecule has 0 atom stereocenters. The Bertz CT molecular complexity index is 273. The Morgan fingerprint density at radius 2 is 1.50 bits per heavy atom. The third-order valence-corrected chi connectivity index (χ3v) is 4.98. The van der Waals surface area contributed by atoms with Crippen LogP contribution < -0.4 is 5.32 Å². The van der Waals surface area contributed by atoms with Crippen molar-refractivity contribution >= 4 is 6.03 Å². The minimum absolute atomic E-state index is 0.261. The molecule has 2 saturated heterocycles. The highest BCUT2D eigenvalue weighted by Crippen LogP contribution is 2.38. The molecule has 0 radical (unpaired) electrons. The molecule has 0 aromatic heterocycles. The van der Waals surface area contributed by atoms with Crippen molar-refractivity contribution in [3.63, 3.8) is 0 Å². The standard InChI is InChI=1S/C14H27N3O/c1-3-14(4-2)5-9-16(10-6-14)13(18)17-11-7-15-8-12-17/h15H,3-12H2,1-2H3. The highest BCUT2D eigenvalue weighted by molar-refractivity contribution is 5.74. The fourth-order valence-electron chi connectivity index (χ4n) is 3.19. The van der Waals surface area contributed by atoms with Crippen LogP contribution in [0.3, 0.4) is 0 Å². The molecule has 1 N–H and O–H groups in total. The van der Waals surface area contributed by atoms with E-state index in [1.54, 1.807) is 0 Å². The molecule has 0 aromatic rings. The molecule has 104 valence electrons. The monoisotopic (exact) mass is 253 g/mol. The average Bonchev–Trinajstić information content (AvgIpc) is 2.47. The molecule has 0 bridgehead atoms. The summed E-state index contributed by atoms with van der Waals surface area (Å²) in [7, 11) is 0. The van der Waals surface area contributed by atoms with Gasteiger partial charge in [0.1, 0.15) is 0 Å². The van der Waals surface area contributed by atoms with Crippen molar-refractivity contribution in [2.45, 2.75) is 39.5 Å². The van der Waals surface area contributed by atoms with Crippen molar-refractivity contribution < 1.29 is 4.79 Å².